The molecule has 0 unspecified atom stereocenters. The van der Waals surface area contributed by atoms with Crippen LogP contribution in [0.3, 0.4) is 0 Å². The lowest BCUT2D eigenvalue weighted by Gasteiger charge is -2.13. The number of nitrogens with one attached hydrogen (secondary N) is 1. The second-order valence-corrected chi connectivity index (χ2v) is 4.76. The highest BCUT2D eigenvalue weighted by Gasteiger charge is 2.04. The zero-order chi connectivity index (χ0) is 15.1. The summed E-state index contributed by atoms with van der Waals surface area (Å²) >= 11 is 0. The molecule has 0 radical (unpaired) electrons. The van der Waals surface area contributed by atoms with Gasteiger partial charge in [0.15, 0.2) is 0 Å². The lowest BCUT2D eigenvalue weighted by atomic mass is 10.1. The minimum absolute atomic E-state index is 0.413. The third-order valence-electron chi connectivity index (χ3n) is 3.04. The van der Waals surface area contributed by atoms with Crippen LogP contribution in [-0.4, -0.2) is 12.5 Å². The Morgan fingerprint density at radius 2 is 2.00 bits per heavy atom. The van der Waals surface area contributed by atoms with E-state index in [1.54, 1.807) is 12.1 Å². The Labute approximate surface area is 124 Å². The SMILES string of the molecule is CCCOc1ccccc1NCc1cccc(C(N)=O)c1. The minimum Gasteiger partial charge on any atom is -0.491 e. The van der Waals surface area contributed by atoms with E-state index >= 15 is 0 Å². The molecule has 0 bridgehead atoms. The number of nitrogens with two attached hydrogens (primary N) is 1. The molecule has 2 aromatic rings. The number of para-hydroxylation sites is 2. The van der Waals surface area contributed by atoms with Crippen LogP contribution in [0.15, 0.2) is 48.5 Å². The first kappa shape index (κ1) is 14.9. The predicted molar refractivity (Wildman–Crippen MR) is 84.5 cm³/mol. The van der Waals surface area contributed by atoms with Crippen LogP contribution >= 0.6 is 0 Å². The van der Waals surface area contributed by atoms with E-state index in [0.717, 1.165) is 23.4 Å². The Hall–Kier alpha value is -2.49. The fourth-order valence-electron chi connectivity index (χ4n) is 1.98. The molecule has 0 aliphatic rings. The van der Waals surface area contributed by atoms with Gasteiger partial charge in [-0.05, 0) is 36.2 Å². The quantitative estimate of drug-likeness (QED) is 0.820. The highest BCUT2D eigenvalue weighted by atomic mass is 16.5. The molecule has 0 saturated heterocycles. The summed E-state index contributed by atoms with van der Waals surface area (Å²) in [5.74, 6) is 0.425. The topological polar surface area (TPSA) is 64.3 Å². The maximum atomic E-state index is 11.2. The van der Waals surface area contributed by atoms with Crippen molar-refractivity contribution in [2.24, 2.45) is 5.73 Å². The summed E-state index contributed by atoms with van der Waals surface area (Å²) in [6, 6.07) is 15.1. The van der Waals surface area contributed by atoms with Gasteiger partial charge in [-0.3, -0.25) is 4.79 Å². The molecule has 2 aromatic carbocycles. The molecule has 3 N–H and O–H groups in total. The van der Waals surface area contributed by atoms with Crippen molar-refractivity contribution in [3.8, 4) is 5.75 Å². The number of amides is 1. The monoisotopic (exact) mass is 284 g/mol. The third kappa shape index (κ3) is 4.24. The first-order valence-corrected chi connectivity index (χ1v) is 7.05. The molecule has 0 spiro atoms. The molecule has 4 nitrogen and oxygen atoms in total. The maximum absolute atomic E-state index is 11.2. The molecular formula is C17H20N2O2. The molecule has 0 saturated carbocycles. The summed E-state index contributed by atoms with van der Waals surface area (Å²) in [4.78, 5) is 11.2. The molecular weight excluding hydrogens is 264 g/mol. The zero-order valence-corrected chi connectivity index (χ0v) is 12.1. The molecule has 0 aliphatic heterocycles. The average molecular weight is 284 g/mol. The number of primary amides is 1. The fourth-order valence-corrected chi connectivity index (χ4v) is 1.98. The molecule has 4 heteroatoms. The Kier molecular flexibility index (Phi) is 5.21. The summed E-state index contributed by atoms with van der Waals surface area (Å²) in [7, 11) is 0. The Morgan fingerprint density at radius 3 is 2.76 bits per heavy atom. The number of carbonyl (C=O) groups excluding carboxylic acids is 1. The van der Waals surface area contributed by atoms with Crippen LogP contribution < -0.4 is 15.8 Å². The van der Waals surface area contributed by atoms with Crippen LogP contribution in [0.25, 0.3) is 0 Å². The third-order valence-corrected chi connectivity index (χ3v) is 3.04. The van der Waals surface area contributed by atoms with E-state index in [4.69, 9.17) is 10.5 Å². The van der Waals surface area contributed by atoms with E-state index in [2.05, 4.69) is 12.2 Å². The van der Waals surface area contributed by atoms with Crippen molar-refractivity contribution in [1.29, 1.82) is 0 Å². The van der Waals surface area contributed by atoms with Gasteiger partial charge in [0, 0.05) is 12.1 Å². The number of benzene rings is 2. The summed E-state index contributed by atoms with van der Waals surface area (Å²) < 4.78 is 5.70. The van der Waals surface area contributed by atoms with E-state index in [-0.39, 0.29) is 0 Å². The molecule has 110 valence electrons. The molecule has 21 heavy (non-hydrogen) atoms. The summed E-state index contributed by atoms with van der Waals surface area (Å²) in [6.07, 6.45) is 0.967. The number of carbonyl (C=O) groups is 1. The number of anilines is 1. The highest BCUT2D eigenvalue weighted by molar-refractivity contribution is 5.92. The highest BCUT2D eigenvalue weighted by Crippen LogP contribution is 2.24. The van der Waals surface area contributed by atoms with Gasteiger partial charge in [-0.1, -0.05) is 31.2 Å². The Bertz CT molecular complexity index is 611. The van der Waals surface area contributed by atoms with E-state index in [9.17, 15) is 4.79 Å². The minimum atomic E-state index is -0.413. The van der Waals surface area contributed by atoms with Gasteiger partial charge in [-0.2, -0.15) is 0 Å². The lowest BCUT2D eigenvalue weighted by molar-refractivity contribution is 0.1000. The second-order valence-electron chi connectivity index (χ2n) is 4.76. The molecule has 0 aromatic heterocycles. The van der Waals surface area contributed by atoms with Gasteiger partial charge in [-0.25, -0.2) is 0 Å². The fraction of sp³-hybridized carbons (Fsp3) is 0.235. The van der Waals surface area contributed by atoms with Crippen LogP contribution in [-0.2, 0) is 6.54 Å². The standard InChI is InChI=1S/C17H20N2O2/c1-2-10-21-16-9-4-3-8-15(16)19-12-13-6-5-7-14(11-13)17(18)20/h3-9,11,19H,2,10,12H2,1H3,(H2,18,20). The first-order chi connectivity index (χ1) is 10.2. The Balaban J connectivity index is 2.06. The van der Waals surface area contributed by atoms with Crippen LogP contribution in [0.2, 0.25) is 0 Å². The zero-order valence-electron chi connectivity index (χ0n) is 12.1. The molecule has 0 fully saturated rings. The van der Waals surface area contributed by atoms with Gasteiger partial charge in [0.2, 0.25) is 5.91 Å². The molecule has 0 aliphatic carbocycles. The van der Waals surface area contributed by atoms with E-state index in [1.165, 1.54) is 0 Å². The van der Waals surface area contributed by atoms with Crippen molar-refractivity contribution in [2.75, 3.05) is 11.9 Å². The van der Waals surface area contributed by atoms with Crippen LogP contribution in [0.1, 0.15) is 29.3 Å². The van der Waals surface area contributed by atoms with Crippen molar-refractivity contribution >= 4 is 11.6 Å². The molecule has 0 heterocycles. The van der Waals surface area contributed by atoms with Gasteiger partial charge in [0.05, 0.1) is 12.3 Å². The van der Waals surface area contributed by atoms with Gasteiger partial charge in [0.25, 0.3) is 0 Å². The molecule has 0 atom stereocenters. The van der Waals surface area contributed by atoms with Gasteiger partial charge >= 0.3 is 0 Å². The van der Waals surface area contributed by atoms with Gasteiger partial charge in [-0.15, -0.1) is 0 Å². The van der Waals surface area contributed by atoms with Crippen molar-refractivity contribution in [3.63, 3.8) is 0 Å². The van der Waals surface area contributed by atoms with E-state index in [1.807, 2.05) is 36.4 Å². The van der Waals surface area contributed by atoms with Crippen LogP contribution in [0.4, 0.5) is 5.69 Å². The van der Waals surface area contributed by atoms with Crippen molar-refractivity contribution in [2.45, 2.75) is 19.9 Å². The van der Waals surface area contributed by atoms with Crippen LogP contribution in [0, 0.1) is 0 Å². The number of rotatable bonds is 7. The van der Waals surface area contributed by atoms with Crippen molar-refractivity contribution < 1.29 is 9.53 Å². The average Bonchev–Trinajstić information content (AvgIpc) is 2.52. The maximum Gasteiger partial charge on any atom is 0.248 e. The van der Waals surface area contributed by atoms with Crippen molar-refractivity contribution in [3.05, 3.63) is 59.7 Å². The number of hydrogen-bond donors (Lipinski definition) is 2. The largest absolute Gasteiger partial charge is 0.491 e. The predicted octanol–water partition coefficient (Wildman–Crippen LogP) is 3.19. The van der Waals surface area contributed by atoms with Crippen molar-refractivity contribution in [1.82, 2.24) is 0 Å². The van der Waals surface area contributed by atoms with Gasteiger partial charge < -0.3 is 15.8 Å². The summed E-state index contributed by atoms with van der Waals surface area (Å²) in [5.41, 5.74) is 7.74. The summed E-state index contributed by atoms with van der Waals surface area (Å²) in [6.45, 7) is 3.37. The normalized spacial score (nSPS) is 10.1. The van der Waals surface area contributed by atoms with Gasteiger partial charge in [0.1, 0.15) is 5.75 Å². The van der Waals surface area contributed by atoms with E-state index in [0.29, 0.717) is 18.7 Å². The smallest absolute Gasteiger partial charge is 0.248 e. The number of ether oxygens (including phenoxy) is 1. The van der Waals surface area contributed by atoms with E-state index < -0.39 is 5.91 Å². The molecule has 2 rings (SSSR count). The lowest BCUT2D eigenvalue weighted by Crippen LogP contribution is -2.11. The first-order valence-electron chi connectivity index (χ1n) is 7.05. The Morgan fingerprint density at radius 1 is 1.19 bits per heavy atom. The van der Waals surface area contributed by atoms with Crippen LogP contribution in [0.5, 0.6) is 5.75 Å². The number of hydrogen-bond acceptors (Lipinski definition) is 3. The molecule has 1 amide bonds. The summed E-state index contributed by atoms with van der Waals surface area (Å²) in [5, 5.41) is 3.33. The second kappa shape index (κ2) is 7.33.